The van der Waals surface area contributed by atoms with Gasteiger partial charge in [-0.2, -0.15) is 0 Å². The Kier molecular flexibility index (Phi) is 4.50. The summed E-state index contributed by atoms with van der Waals surface area (Å²) < 4.78 is 0. The SMILES string of the molecule is O=C(CC(Cc1ccccc1)c1cccs1)NO. The first-order valence-electron chi connectivity index (χ1n) is 5.80. The molecule has 2 N–H and O–H groups in total. The average Bonchev–Trinajstić information content (AvgIpc) is 2.93. The van der Waals surface area contributed by atoms with Crippen molar-refractivity contribution in [1.82, 2.24) is 5.48 Å². The maximum atomic E-state index is 11.4. The van der Waals surface area contributed by atoms with E-state index in [1.807, 2.05) is 35.7 Å². The van der Waals surface area contributed by atoms with Gasteiger partial charge in [0.2, 0.25) is 5.91 Å². The molecule has 0 bridgehead atoms. The van der Waals surface area contributed by atoms with Gasteiger partial charge in [-0.05, 0) is 23.4 Å². The number of hydrogen-bond acceptors (Lipinski definition) is 3. The van der Waals surface area contributed by atoms with Gasteiger partial charge in [-0.25, -0.2) is 5.48 Å². The quantitative estimate of drug-likeness (QED) is 0.642. The molecular formula is C14H15NO2S. The van der Waals surface area contributed by atoms with Crippen LogP contribution in [-0.4, -0.2) is 11.1 Å². The fourth-order valence-electron chi connectivity index (χ4n) is 1.96. The van der Waals surface area contributed by atoms with Gasteiger partial charge in [0, 0.05) is 17.2 Å². The van der Waals surface area contributed by atoms with E-state index in [2.05, 4.69) is 12.1 Å². The molecule has 0 aliphatic heterocycles. The van der Waals surface area contributed by atoms with Gasteiger partial charge in [-0.1, -0.05) is 36.4 Å². The topological polar surface area (TPSA) is 49.3 Å². The predicted octanol–water partition coefficient (Wildman–Crippen LogP) is 2.97. The molecule has 0 saturated carbocycles. The number of rotatable bonds is 5. The molecule has 0 spiro atoms. The van der Waals surface area contributed by atoms with E-state index in [0.717, 1.165) is 6.42 Å². The molecule has 1 unspecified atom stereocenters. The molecule has 0 aliphatic carbocycles. The molecular weight excluding hydrogens is 246 g/mol. The van der Waals surface area contributed by atoms with Crippen LogP contribution in [-0.2, 0) is 11.2 Å². The molecule has 4 heteroatoms. The second-order valence-electron chi connectivity index (χ2n) is 4.14. The van der Waals surface area contributed by atoms with Gasteiger partial charge in [0.15, 0.2) is 0 Å². The van der Waals surface area contributed by atoms with Crippen molar-refractivity contribution in [3.05, 3.63) is 58.3 Å². The summed E-state index contributed by atoms with van der Waals surface area (Å²) in [5, 5.41) is 10.7. The van der Waals surface area contributed by atoms with Crippen LogP contribution >= 0.6 is 11.3 Å². The van der Waals surface area contributed by atoms with Crippen LogP contribution in [0.25, 0.3) is 0 Å². The lowest BCUT2D eigenvalue weighted by Crippen LogP contribution is -2.21. The molecule has 94 valence electrons. The van der Waals surface area contributed by atoms with Gasteiger partial charge >= 0.3 is 0 Å². The molecule has 3 nitrogen and oxygen atoms in total. The summed E-state index contributed by atoms with van der Waals surface area (Å²) in [6.07, 6.45) is 1.10. The third-order valence-corrected chi connectivity index (χ3v) is 3.86. The highest BCUT2D eigenvalue weighted by Crippen LogP contribution is 2.28. The molecule has 1 amide bonds. The summed E-state index contributed by atoms with van der Waals surface area (Å²) in [4.78, 5) is 12.5. The highest BCUT2D eigenvalue weighted by atomic mass is 32.1. The smallest absolute Gasteiger partial charge is 0.243 e. The summed E-state index contributed by atoms with van der Waals surface area (Å²) in [6.45, 7) is 0. The fourth-order valence-corrected chi connectivity index (χ4v) is 2.80. The van der Waals surface area contributed by atoms with Crippen LogP contribution in [0.15, 0.2) is 47.8 Å². The zero-order valence-corrected chi connectivity index (χ0v) is 10.7. The Hall–Kier alpha value is -1.65. The Labute approximate surface area is 110 Å². The largest absolute Gasteiger partial charge is 0.289 e. The van der Waals surface area contributed by atoms with Crippen molar-refractivity contribution in [2.24, 2.45) is 0 Å². The predicted molar refractivity (Wildman–Crippen MR) is 71.8 cm³/mol. The lowest BCUT2D eigenvalue weighted by Gasteiger charge is -2.14. The van der Waals surface area contributed by atoms with Crippen molar-refractivity contribution in [2.75, 3.05) is 0 Å². The van der Waals surface area contributed by atoms with E-state index in [1.165, 1.54) is 10.4 Å². The van der Waals surface area contributed by atoms with Crippen molar-refractivity contribution in [1.29, 1.82) is 0 Å². The first-order chi connectivity index (χ1) is 8.79. The van der Waals surface area contributed by atoms with Crippen molar-refractivity contribution in [3.8, 4) is 0 Å². The van der Waals surface area contributed by atoms with E-state index >= 15 is 0 Å². The second kappa shape index (κ2) is 6.33. The monoisotopic (exact) mass is 261 g/mol. The van der Waals surface area contributed by atoms with Crippen molar-refractivity contribution < 1.29 is 10.0 Å². The minimum absolute atomic E-state index is 0.111. The Balaban J connectivity index is 2.12. The molecule has 1 heterocycles. The Morgan fingerprint density at radius 1 is 1.22 bits per heavy atom. The number of hydroxylamine groups is 1. The summed E-state index contributed by atoms with van der Waals surface area (Å²) in [7, 11) is 0. The highest BCUT2D eigenvalue weighted by Gasteiger charge is 2.17. The number of hydrogen-bond donors (Lipinski definition) is 2. The van der Waals surface area contributed by atoms with Gasteiger partial charge in [0.25, 0.3) is 0 Å². The molecule has 1 aromatic carbocycles. The number of carbonyl (C=O) groups excluding carboxylic acids is 1. The van der Waals surface area contributed by atoms with E-state index < -0.39 is 0 Å². The molecule has 0 saturated heterocycles. The maximum absolute atomic E-state index is 11.4. The number of thiophene rings is 1. The van der Waals surface area contributed by atoms with Crippen LogP contribution < -0.4 is 5.48 Å². The average molecular weight is 261 g/mol. The Morgan fingerprint density at radius 2 is 2.00 bits per heavy atom. The van der Waals surface area contributed by atoms with E-state index in [0.29, 0.717) is 6.42 Å². The normalized spacial score (nSPS) is 12.1. The van der Waals surface area contributed by atoms with Crippen molar-refractivity contribution in [2.45, 2.75) is 18.8 Å². The standard InChI is InChI=1S/C14H15NO2S/c16-14(15-17)10-12(13-7-4-8-18-13)9-11-5-2-1-3-6-11/h1-8,12,17H,9-10H2,(H,15,16). The number of amides is 1. The third kappa shape index (κ3) is 3.42. The van der Waals surface area contributed by atoms with Crippen LogP contribution in [0.5, 0.6) is 0 Å². The fraction of sp³-hybridized carbons (Fsp3) is 0.214. The van der Waals surface area contributed by atoms with Gasteiger partial charge in [0.05, 0.1) is 0 Å². The van der Waals surface area contributed by atoms with Gasteiger partial charge in [-0.3, -0.25) is 10.0 Å². The van der Waals surface area contributed by atoms with Crippen LogP contribution in [0.1, 0.15) is 22.8 Å². The minimum atomic E-state index is -0.343. The van der Waals surface area contributed by atoms with Crippen LogP contribution in [0.3, 0.4) is 0 Å². The molecule has 1 aromatic heterocycles. The first kappa shape index (κ1) is 12.8. The number of benzene rings is 1. The Morgan fingerprint density at radius 3 is 2.61 bits per heavy atom. The summed E-state index contributed by atoms with van der Waals surface area (Å²) in [5.74, 6) is -0.233. The molecule has 2 rings (SSSR count). The highest BCUT2D eigenvalue weighted by molar-refractivity contribution is 7.10. The minimum Gasteiger partial charge on any atom is -0.289 e. The zero-order chi connectivity index (χ0) is 12.8. The van der Waals surface area contributed by atoms with E-state index in [1.54, 1.807) is 16.8 Å². The van der Waals surface area contributed by atoms with Crippen LogP contribution in [0.4, 0.5) is 0 Å². The van der Waals surface area contributed by atoms with Gasteiger partial charge in [0.1, 0.15) is 0 Å². The molecule has 0 fully saturated rings. The molecule has 18 heavy (non-hydrogen) atoms. The molecule has 0 aliphatic rings. The van der Waals surface area contributed by atoms with E-state index in [-0.39, 0.29) is 11.8 Å². The molecule has 0 radical (unpaired) electrons. The lowest BCUT2D eigenvalue weighted by molar-refractivity contribution is -0.129. The zero-order valence-electron chi connectivity index (χ0n) is 9.87. The maximum Gasteiger partial charge on any atom is 0.243 e. The Bertz CT molecular complexity index is 482. The van der Waals surface area contributed by atoms with Gasteiger partial charge < -0.3 is 0 Å². The van der Waals surface area contributed by atoms with Crippen LogP contribution in [0, 0.1) is 0 Å². The second-order valence-corrected chi connectivity index (χ2v) is 5.12. The van der Waals surface area contributed by atoms with Crippen molar-refractivity contribution >= 4 is 17.2 Å². The molecule has 2 aromatic rings. The van der Waals surface area contributed by atoms with Crippen LogP contribution in [0.2, 0.25) is 0 Å². The summed E-state index contributed by atoms with van der Waals surface area (Å²) in [5.41, 5.74) is 2.90. The van der Waals surface area contributed by atoms with E-state index in [9.17, 15) is 4.79 Å². The van der Waals surface area contributed by atoms with Gasteiger partial charge in [-0.15, -0.1) is 11.3 Å². The summed E-state index contributed by atoms with van der Waals surface area (Å²) in [6, 6.07) is 14.1. The lowest BCUT2D eigenvalue weighted by atomic mass is 9.94. The summed E-state index contributed by atoms with van der Waals surface area (Å²) >= 11 is 1.64. The van der Waals surface area contributed by atoms with E-state index in [4.69, 9.17) is 5.21 Å². The molecule has 1 atom stereocenters. The number of carbonyl (C=O) groups is 1. The van der Waals surface area contributed by atoms with Crippen molar-refractivity contribution in [3.63, 3.8) is 0 Å². The first-order valence-corrected chi connectivity index (χ1v) is 6.68. The number of nitrogens with one attached hydrogen (secondary N) is 1. The third-order valence-electron chi connectivity index (χ3n) is 2.83.